The fourth-order valence-electron chi connectivity index (χ4n) is 1.06. The summed E-state index contributed by atoms with van der Waals surface area (Å²) in [6.45, 7) is 3.96. The van der Waals surface area contributed by atoms with Gasteiger partial charge in [-0.3, -0.25) is 4.79 Å². The van der Waals surface area contributed by atoms with Gasteiger partial charge in [-0.25, -0.2) is 0 Å². The summed E-state index contributed by atoms with van der Waals surface area (Å²) in [6.07, 6.45) is 1.96. The minimum absolute atomic E-state index is 0.0581. The standard InChI is InChI=1S/C11H14OS/c1-8-4-6-10(7-5-8)11(12)9(2)13-3/h4-7,9H,1-3H3. The van der Waals surface area contributed by atoms with Gasteiger partial charge in [0.25, 0.3) is 0 Å². The predicted molar refractivity (Wildman–Crippen MR) is 58.5 cm³/mol. The second kappa shape index (κ2) is 4.47. The van der Waals surface area contributed by atoms with Gasteiger partial charge >= 0.3 is 0 Å². The number of carbonyl (C=O) groups excluding carboxylic acids is 1. The second-order valence-electron chi connectivity index (χ2n) is 3.11. The van der Waals surface area contributed by atoms with Crippen LogP contribution in [0.5, 0.6) is 0 Å². The van der Waals surface area contributed by atoms with Crippen LogP contribution in [0.25, 0.3) is 0 Å². The highest BCUT2D eigenvalue weighted by atomic mass is 32.2. The zero-order valence-corrected chi connectivity index (χ0v) is 9.02. The molecule has 13 heavy (non-hydrogen) atoms. The molecule has 1 unspecified atom stereocenters. The maximum atomic E-state index is 11.7. The van der Waals surface area contributed by atoms with Gasteiger partial charge in [-0.05, 0) is 20.1 Å². The molecule has 1 atom stereocenters. The van der Waals surface area contributed by atoms with E-state index in [0.29, 0.717) is 0 Å². The molecule has 1 aromatic rings. The van der Waals surface area contributed by atoms with Gasteiger partial charge in [0.15, 0.2) is 5.78 Å². The predicted octanol–water partition coefficient (Wildman–Crippen LogP) is 2.93. The van der Waals surface area contributed by atoms with Gasteiger partial charge in [0.2, 0.25) is 0 Å². The monoisotopic (exact) mass is 194 g/mol. The molecular formula is C11H14OS. The Morgan fingerprint density at radius 3 is 2.31 bits per heavy atom. The molecular weight excluding hydrogens is 180 g/mol. The van der Waals surface area contributed by atoms with Crippen molar-refractivity contribution >= 4 is 17.5 Å². The first-order valence-electron chi connectivity index (χ1n) is 4.29. The van der Waals surface area contributed by atoms with Crippen molar-refractivity contribution in [2.75, 3.05) is 6.26 Å². The summed E-state index contributed by atoms with van der Waals surface area (Å²) >= 11 is 1.58. The molecule has 1 rings (SSSR count). The van der Waals surface area contributed by atoms with Crippen molar-refractivity contribution in [3.05, 3.63) is 35.4 Å². The number of Topliss-reactive ketones (excluding diaryl/α,β-unsaturated/α-hetero) is 1. The summed E-state index contributed by atoms with van der Waals surface area (Å²) in [4.78, 5) is 11.7. The first-order valence-corrected chi connectivity index (χ1v) is 5.57. The number of carbonyl (C=O) groups is 1. The number of hydrogen-bond donors (Lipinski definition) is 0. The maximum absolute atomic E-state index is 11.7. The van der Waals surface area contributed by atoms with Gasteiger partial charge in [0.05, 0.1) is 5.25 Å². The van der Waals surface area contributed by atoms with E-state index >= 15 is 0 Å². The quantitative estimate of drug-likeness (QED) is 0.688. The zero-order valence-electron chi connectivity index (χ0n) is 8.20. The van der Waals surface area contributed by atoms with Crippen LogP contribution in [0.15, 0.2) is 24.3 Å². The molecule has 0 spiro atoms. The molecule has 0 radical (unpaired) electrons. The summed E-state index contributed by atoms with van der Waals surface area (Å²) in [5, 5.41) is 0.0581. The summed E-state index contributed by atoms with van der Waals surface area (Å²) in [5.74, 6) is 0.215. The van der Waals surface area contributed by atoms with E-state index in [2.05, 4.69) is 0 Å². The Labute approximate surface area is 83.5 Å². The molecule has 1 aromatic carbocycles. The van der Waals surface area contributed by atoms with E-state index in [1.165, 1.54) is 5.56 Å². The lowest BCUT2D eigenvalue weighted by molar-refractivity contribution is 0.0994. The Bertz CT molecular complexity index is 289. The Kier molecular flexibility index (Phi) is 3.55. The summed E-state index contributed by atoms with van der Waals surface area (Å²) < 4.78 is 0. The number of thioether (sulfide) groups is 1. The Hall–Kier alpha value is -0.760. The van der Waals surface area contributed by atoms with Crippen LogP contribution in [-0.2, 0) is 0 Å². The highest BCUT2D eigenvalue weighted by molar-refractivity contribution is 7.99. The van der Waals surface area contributed by atoms with E-state index in [0.717, 1.165) is 5.56 Å². The molecule has 0 amide bonds. The van der Waals surface area contributed by atoms with E-state index in [9.17, 15) is 4.79 Å². The van der Waals surface area contributed by atoms with Crippen molar-refractivity contribution in [1.29, 1.82) is 0 Å². The highest BCUT2D eigenvalue weighted by Gasteiger charge is 2.12. The van der Waals surface area contributed by atoms with E-state index < -0.39 is 0 Å². The van der Waals surface area contributed by atoms with Crippen LogP contribution in [0, 0.1) is 6.92 Å². The van der Waals surface area contributed by atoms with Crippen LogP contribution in [0.2, 0.25) is 0 Å². The van der Waals surface area contributed by atoms with E-state index in [1.54, 1.807) is 11.8 Å². The molecule has 0 aromatic heterocycles. The molecule has 0 N–H and O–H groups in total. The molecule has 2 heteroatoms. The van der Waals surface area contributed by atoms with Crippen molar-refractivity contribution in [3.8, 4) is 0 Å². The molecule has 0 saturated heterocycles. The Balaban J connectivity index is 2.83. The molecule has 0 aliphatic heterocycles. The lowest BCUT2D eigenvalue weighted by Gasteiger charge is -2.06. The fourth-order valence-corrected chi connectivity index (χ4v) is 1.41. The Morgan fingerprint density at radius 2 is 1.85 bits per heavy atom. The molecule has 0 saturated carbocycles. The van der Waals surface area contributed by atoms with Crippen LogP contribution in [0.1, 0.15) is 22.8 Å². The van der Waals surface area contributed by atoms with Gasteiger partial charge in [0.1, 0.15) is 0 Å². The van der Waals surface area contributed by atoms with Crippen LogP contribution in [0.3, 0.4) is 0 Å². The average Bonchev–Trinajstić information content (AvgIpc) is 2.17. The largest absolute Gasteiger partial charge is 0.293 e. The van der Waals surface area contributed by atoms with Crippen molar-refractivity contribution in [2.45, 2.75) is 19.1 Å². The maximum Gasteiger partial charge on any atom is 0.175 e. The number of benzene rings is 1. The third-order valence-corrected chi connectivity index (χ3v) is 2.98. The van der Waals surface area contributed by atoms with Crippen LogP contribution >= 0.6 is 11.8 Å². The number of hydrogen-bond acceptors (Lipinski definition) is 2. The SMILES string of the molecule is CSC(C)C(=O)c1ccc(C)cc1. The van der Waals surface area contributed by atoms with Crippen molar-refractivity contribution < 1.29 is 4.79 Å². The van der Waals surface area contributed by atoms with Gasteiger partial charge in [-0.2, -0.15) is 11.8 Å². The average molecular weight is 194 g/mol. The van der Waals surface area contributed by atoms with Crippen LogP contribution in [0.4, 0.5) is 0 Å². The van der Waals surface area contributed by atoms with Crippen molar-refractivity contribution in [1.82, 2.24) is 0 Å². The Morgan fingerprint density at radius 1 is 1.31 bits per heavy atom. The summed E-state index contributed by atoms with van der Waals surface area (Å²) in [6, 6.07) is 7.73. The molecule has 0 fully saturated rings. The van der Waals surface area contributed by atoms with Crippen LogP contribution < -0.4 is 0 Å². The summed E-state index contributed by atoms with van der Waals surface area (Å²) in [5.41, 5.74) is 2.00. The smallest absolute Gasteiger partial charge is 0.175 e. The van der Waals surface area contributed by atoms with E-state index in [4.69, 9.17) is 0 Å². The molecule has 0 bridgehead atoms. The third kappa shape index (κ3) is 2.59. The molecule has 70 valence electrons. The topological polar surface area (TPSA) is 17.1 Å². The minimum atomic E-state index is 0.0581. The zero-order chi connectivity index (χ0) is 9.84. The van der Waals surface area contributed by atoms with Gasteiger partial charge < -0.3 is 0 Å². The first-order chi connectivity index (χ1) is 6.15. The minimum Gasteiger partial charge on any atom is -0.293 e. The third-order valence-electron chi connectivity index (χ3n) is 2.06. The summed E-state index contributed by atoms with van der Waals surface area (Å²) in [7, 11) is 0. The number of ketones is 1. The van der Waals surface area contributed by atoms with Gasteiger partial charge in [-0.1, -0.05) is 29.8 Å². The van der Waals surface area contributed by atoms with Gasteiger partial charge in [-0.15, -0.1) is 0 Å². The normalized spacial score (nSPS) is 12.5. The van der Waals surface area contributed by atoms with Crippen molar-refractivity contribution in [3.63, 3.8) is 0 Å². The lowest BCUT2D eigenvalue weighted by Crippen LogP contribution is -2.12. The molecule has 0 heterocycles. The van der Waals surface area contributed by atoms with Crippen LogP contribution in [-0.4, -0.2) is 17.3 Å². The highest BCUT2D eigenvalue weighted by Crippen LogP contribution is 2.13. The van der Waals surface area contributed by atoms with E-state index in [-0.39, 0.29) is 11.0 Å². The molecule has 0 aliphatic carbocycles. The first kappa shape index (κ1) is 10.3. The lowest BCUT2D eigenvalue weighted by atomic mass is 10.1. The van der Waals surface area contributed by atoms with Gasteiger partial charge in [0, 0.05) is 5.56 Å². The number of aryl methyl sites for hydroxylation is 1. The molecule has 1 nitrogen and oxygen atoms in total. The fraction of sp³-hybridized carbons (Fsp3) is 0.364. The number of rotatable bonds is 3. The van der Waals surface area contributed by atoms with Crippen molar-refractivity contribution in [2.24, 2.45) is 0 Å². The second-order valence-corrected chi connectivity index (χ2v) is 4.29. The van der Waals surface area contributed by atoms with E-state index in [1.807, 2.05) is 44.4 Å². The molecule has 0 aliphatic rings.